The topological polar surface area (TPSA) is 63.7 Å². The van der Waals surface area contributed by atoms with E-state index in [0.717, 1.165) is 63.4 Å². The van der Waals surface area contributed by atoms with Crippen LogP contribution in [-0.4, -0.2) is 60.8 Å². The van der Waals surface area contributed by atoms with Gasteiger partial charge in [0.1, 0.15) is 5.75 Å². The fourth-order valence-electron chi connectivity index (χ4n) is 3.33. The van der Waals surface area contributed by atoms with Crippen molar-refractivity contribution in [3.63, 3.8) is 0 Å². The second kappa shape index (κ2) is 8.44. The summed E-state index contributed by atoms with van der Waals surface area (Å²) in [7, 11) is 0. The highest BCUT2D eigenvalue weighted by Gasteiger charge is 2.24. The van der Waals surface area contributed by atoms with Crippen LogP contribution >= 0.6 is 0 Å². The van der Waals surface area contributed by atoms with Crippen LogP contribution in [0.25, 0.3) is 0 Å². The molecule has 2 aliphatic rings. The molecule has 0 atom stereocenters. The molecule has 3 rings (SSSR count). The lowest BCUT2D eigenvalue weighted by molar-refractivity contribution is -0.124. The maximum Gasteiger partial charge on any atom is 0.234 e. The standard InChI is InChI=1S/C18H27N3O3/c1-14-17(3-2-8-19-14)24-16-6-4-15(5-7-16)20-18(22)13-21-9-11-23-12-10-21/h2-3,8,15-16H,4-7,9-13H2,1H3,(H,20,22). The summed E-state index contributed by atoms with van der Waals surface area (Å²) in [6.45, 7) is 5.59. The van der Waals surface area contributed by atoms with Crippen LogP contribution < -0.4 is 10.1 Å². The van der Waals surface area contributed by atoms with Gasteiger partial charge in [0, 0.05) is 25.3 Å². The minimum absolute atomic E-state index is 0.129. The Balaban J connectivity index is 1.38. The van der Waals surface area contributed by atoms with Gasteiger partial charge in [-0.3, -0.25) is 14.7 Å². The third-order valence-electron chi connectivity index (χ3n) is 4.76. The molecular weight excluding hydrogens is 306 g/mol. The number of nitrogens with zero attached hydrogens (tertiary/aromatic N) is 2. The molecule has 6 nitrogen and oxygen atoms in total. The molecule has 0 aromatic carbocycles. The van der Waals surface area contributed by atoms with E-state index in [4.69, 9.17) is 9.47 Å². The number of nitrogens with one attached hydrogen (secondary N) is 1. The number of pyridine rings is 1. The third kappa shape index (κ3) is 4.92. The summed E-state index contributed by atoms with van der Waals surface area (Å²) >= 11 is 0. The highest BCUT2D eigenvalue weighted by atomic mass is 16.5. The number of morpholine rings is 1. The van der Waals surface area contributed by atoms with Gasteiger partial charge < -0.3 is 14.8 Å². The number of rotatable bonds is 5. The fraction of sp³-hybridized carbons (Fsp3) is 0.667. The highest BCUT2D eigenvalue weighted by molar-refractivity contribution is 5.78. The van der Waals surface area contributed by atoms with E-state index in [1.807, 2.05) is 19.1 Å². The lowest BCUT2D eigenvalue weighted by atomic mass is 9.93. The molecule has 1 amide bonds. The van der Waals surface area contributed by atoms with Crippen molar-refractivity contribution in [2.45, 2.75) is 44.8 Å². The van der Waals surface area contributed by atoms with Crippen LogP contribution in [0.15, 0.2) is 18.3 Å². The van der Waals surface area contributed by atoms with Crippen LogP contribution in [0, 0.1) is 6.92 Å². The molecule has 2 fully saturated rings. The zero-order valence-corrected chi connectivity index (χ0v) is 14.4. The van der Waals surface area contributed by atoms with E-state index < -0.39 is 0 Å². The Labute approximate surface area is 143 Å². The average molecular weight is 333 g/mol. The number of hydrogen-bond donors (Lipinski definition) is 1. The second-order valence-corrected chi connectivity index (χ2v) is 6.63. The number of hydrogen-bond acceptors (Lipinski definition) is 5. The molecule has 1 aliphatic carbocycles. The molecule has 6 heteroatoms. The monoisotopic (exact) mass is 333 g/mol. The predicted octanol–water partition coefficient (Wildman–Crippen LogP) is 1.53. The highest BCUT2D eigenvalue weighted by Crippen LogP contribution is 2.25. The largest absolute Gasteiger partial charge is 0.489 e. The van der Waals surface area contributed by atoms with Gasteiger partial charge in [-0.1, -0.05) is 0 Å². The molecule has 24 heavy (non-hydrogen) atoms. The van der Waals surface area contributed by atoms with Gasteiger partial charge >= 0.3 is 0 Å². The molecule has 2 heterocycles. The average Bonchev–Trinajstić information content (AvgIpc) is 2.59. The van der Waals surface area contributed by atoms with E-state index in [1.165, 1.54) is 0 Å². The van der Waals surface area contributed by atoms with Crippen molar-refractivity contribution in [1.29, 1.82) is 0 Å². The molecule has 1 saturated heterocycles. The second-order valence-electron chi connectivity index (χ2n) is 6.63. The fourth-order valence-corrected chi connectivity index (χ4v) is 3.33. The summed E-state index contributed by atoms with van der Waals surface area (Å²) in [5.74, 6) is 1.00. The molecule has 1 saturated carbocycles. The summed E-state index contributed by atoms with van der Waals surface area (Å²) < 4.78 is 11.4. The summed E-state index contributed by atoms with van der Waals surface area (Å²) in [6.07, 6.45) is 5.88. The van der Waals surface area contributed by atoms with Crippen molar-refractivity contribution in [1.82, 2.24) is 15.2 Å². The Hall–Kier alpha value is -1.66. The van der Waals surface area contributed by atoms with E-state index >= 15 is 0 Å². The lowest BCUT2D eigenvalue weighted by Crippen LogP contribution is -2.47. The Kier molecular flexibility index (Phi) is 6.04. The summed E-state index contributed by atoms with van der Waals surface area (Å²) in [5.41, 5.74) is 0.929. The Morgan fingerprint density at radius 1 is 1.33 bits per heavy atom. The first-order valence-electron chi connectivity index (χ1n) is 8.88. The molecule has 1 aromatic rings. The van der Waals surface area contributed by atoms with Crippen LogP contribution in [0.3, 0.4) is 0 Å². The van der Waals surface area contributed by atoms with Crippen LogP contribution in [0.1, 0.15) is 31.4 Å². The van der Waals surface area contributed by atoms with Crippen molar-refractivity contribution >= 4 is 5.91 Å². The Morgan fingerprint density at radius 3 is 2.79 bits per heavy atom. The lowest BCUT2D eigenvalue weighted by Gasteiger charge is -2.31. The van der Waals surface area contributed by atoms with Gasteiger partial charge in [0.15, 0.2) is 0 Å². The normalized spacial score (nSPS) is 25.2. The van der Waals surface area contributed by atoms with Gasteiger partial charge in [-0.15, -0.1) is 0 Å². The molecule has 1 aromatic heterocycles. The molecule has 1 N–H and O–H groups in total. The number of aromatic nitrogens is 1. The Bertz CT molecular complexity index is 538. The van der Waals surface area contributed by atoms with Gasteiger partial charge in [0.25, 0.3) is 0 Å². The summed E-state index contributed by atoms with van der Waals surface area (Å²) in [4.78, 5) is 18.6. The van der Waals surface area contributed by atoms with Crippen molar-refractivity contribution < 1.29 is 14.3 Å². The molecule has 0 bridgehead atoms. The summed E-state index contributed by atoms with van der Waals surface area (Å²) in [5, 5.41) is 3.17. The van der Waals surface area contributed by atoms with Crippen LogP contribution in [0.5, 0.6) is 5.75 Å². The minimum atomic E-state index is 0.129. The van der Waals surface area contributed by atoms with Crippen LogP contribution in [0.4, 0.5) is 0 Å². The van der Waals surface area contributed by atoms with Crippen molar-refractivity contribution in [3.05, 3.63) is 24.0 Å². The quantitative estimate of drug-likeness (QED) is 0.885. The van der Waals surface area contributed by atoms with E-state index in [0.29, 0.717) is 6.54 Å². The van der Waals surface area contributed by atoms with Gasteiger partial charge in [-0.05, 0) is 44.7 Å². The third-order valence-corrected chi connectivity index (χ3v) is 4.76. The minimum Gasteiger partial charge on any atom is -0.489 e. The van der Waals surface area contributed by atoms with E-state index in [-0.39, 0.29) is 18.1 Å². The molecular formula is C18H27N3O3. The molecule has 1 aliphatic heterocycles. The predicted molar refractivity (Wildman–Crippen MR) is 91.0 cm³/mol. The zero-order chi connectivity index (χ0) is 16.8. The number of aryl methyl sites for hydroxylation is 1. The van der Waals surface area contributed by atoms with E-state index in [2.05, 4.69) is 15.2 Å². The summed E-state index contributed by atoms with van der Waals surface area (Å²) in [6, 6.07) is 4.15. The van der Waals surface area contributed by atoms with Gasteiger partial charge in [0.2, 0.25) is 5.91 Å². The SMILES string of the molecule is Cc1ncccc1OC1CCC(NC(=O)CN2CCOCC2)CC1. The van der Waals surface area contributed by atoms with Crippen molar-refractivity contribution in [2.75, 3.05) is 32.8 Å². The van der Waals surface area contributed by atoms with Gasteiger partial charge in [-0.2, -0.15) is 0 Å². The molecule has 0 radical (unpaired) electrons. The maximum atomic E-state index is 12.2. The zero-order valence-electron chi connectivity index (χ0n) is 14.4. The van der Waals surface area contributed by atoms with Crippen LogP contribution in [-0.2, 0) is 9.53 Å². The van der Waals surface area contributed by atoms with Crippen LogP contribution in [0.2, 0.25) is 0 Å². The first-order chi connectivity index (χ1) is 11.7. The van der Waals surface area contributed by atoms with Gasteiger partial charge in [-0.25, -0.2) is 0 Å². The smallest absolute Gasteiger partial charge is 0.234 e. The first-order valence-corrected chi connectivity index (χ1v) is 8.88. The van der Waals surface area contributed by atoms with Crippen molar-refractivity contribution in [3.8, 4) is 5.75 Å². The number of carbonyl (C=O) groups is 1. The Morgan fingerprint density at radius 2 is 2.08 bits per heavy atom. The molecule has 0 spiro atoms. The van der Waals surface area contributed by atoms with Crippen molar-refractivity contribution in [2.24, 2.45) is 0 Å². The van der Waals surface area contributed by atoms with E-state index in [1.54, 1.807) is 6.20 Å². The number of amides is 1. The maximum absolute atomic E-state index is 12.2. The molecule has 132 valence electrons. The van der Waals surface area contributed by atoms with Gasteiger partial charge in [0.05, 0.1) is 31.6 Å². The number of carbonyl (C=O) groups excluding carboxylic acids is 1. The molecule has 0 unspecified atom stereocenters. The number of ether oxygens (including phenoxy) is 2. The first kappa shape index (κ1) is 17.2. The van der Waals surface area contributed by atoms with E-state index in [9.17, 15) is 4.79 Å².